The van der Waals surface area contributed by atoms with Crippen LogP contribution in [0.2, 0.25) is 0 Å². The molecular formula is C19H22N6O2. The van der Waals surface area contributed by atoms with Crippen molar-refractivity contribution in [2.45, 2.75) is 51.1 Å². The average Bonchev–Trinajstić information content (AvgIpc) is 3.32. The van der Waals surface area contributed by atoms with Crippen LogP contribution in [0, 0.1) is 6.92 Å². The van der Waals surface area contributed by atoms with Crippen molar-refractivity contribution in [3.8, 4) is 11.3 Å². The van der Waals surface area contributed by atoms with E-state index in [2.05, 4.69) is 25.5 Å². The molecule has 0 atom stereocenters. The molecule has 3 aromatic heterocycles. The second kappa shape index (κ2) is 7.69. The standard InChI is InChI=1S/C19H22N6O2/c1-13-8-17(27-24-13)9-19(26)23-15-2-4-16(5-3-15)25-11-14(10-22-25)18-6-7-20-12-21-18/h6-8,10-12,15-16H,2-5,9H2,1H3,(H,23,26). The van der Waals surface area contributed by atoms with Gasteiger partial charge in [0, 0.05) is 30.1 Å². The Bertz CT molecular complexity index is 896. The number of nitrogens with zero attached hydrogens (tertiary/aromatic N) is 5. The first-order valence-electron chi connectivity index (χ1n) is 9.19. The van der Waals surface area contributed by atoms with Crippen LogP contribution < -0.4 is 5.32 Å². The number of carbonyl (C=O) groups is 1. The maximum atomic E-state index is 12.2. The van der Waals surface area contributed by atoms with Crippen LogP contribution in [0.1, 0.15) is 43.2 Å². The molecule has 1 saturated carbocycles. The summed E-state index contributed by atoms with van der Waals surface area (Å²) in [7, 11) is 0. The van der Waals surface area contributed by atoms with E-state index in [1.165, 1.54) is 0 Å². The minimum Gasteiger partial charge on any atom is -0.361 e. The Morgan fingerprint density at radius 2 is 2.19 bits per heavy atom. The number of carbonyl (C=O) groups excluding carboxylic acids is 1. The topological polar surface area (TPSA) is 98.7 Å². The monoisotopic (exact) mass is 366 g/mol. The van der Waals surface area contributed by atoms with Crippen LogP contribution in [0.4, 0.5) is 0 Å². The van der Waals surface area contributed by atoms with Gasteiger partial charge >= 0.3 is 0 Å². The molecule has 0 spiro atoms. The average molecular weight is 366 g/mol. The van der Waals surface area contributed by atoms with Gasteiger partial charge in [-0.25, -0.2) is 9.97 Å². The first-order chi connectivity index (χ1) is 13.2. The van der Waals surface area contributed by atoms with Gasteiger partial charge in [0.2, 0.25) is 5.91 Å². The molecule has 1 aliphatic rings. The minimum absolute atomic E-state index is 0.0141. The summed E-state index contributed by atoms with van der Waals surface area (Å²) < 4.78 is 7.13. The van der Waals surface area contributed by atoms with Crippen molar-refractivity contribution in [3.63, 3.8) is 0 Å². The zero-order chi connectivity index (χ0) is 18.6. The molecule has 0 aromatic carbocycles. The Balaban J connectivity index is 1.29. The van der Waals surface area contributed by atoms with Gasteiger partial charge in [-0.05, 0) is 38.7 Å². The highest BCUT2D eigenvalue weighted by Crippen LogP contribution is 2.29. The summed E-state index contributed by atoms with van der Waals surface area (Å²) in [6.45, 7) is 1.84. The number of hydrogen-bond donors (Lipinski definition) is 1. The molecule has 3 aromatic rings. The van der Waals surface area contributed by atoms with Crippen LogP contribution in [-0.2, 0) is 11.2 Å². The molecule has 0 saturated heterocycles. The first kappa shape index (κ1) is 17.4. The van der Waals surface area contributed by atoms with Crippen molar-refractivity contribution in [2.75, 3.05) is 0 Å². The third-order valence-electron chi connectivity index (χ3n) is 4.93. The van der Waals surface area contributed by atoms with E-state index >= 15 is 0 Å². The summed E-state index contributed by atoms with van der Waals surface area (Å²) in [6, 6.07) is 4.23. The fourth-order valence-electron chi connectivity index (χ4n) is 3.55. The SMILES string of the molecule is Cc1cc(CC(=O)NC2CCC(n3cc(-c4ccncn4)cn3)CC2)on1. The lowest BCUT2D eigenvalue weighted by Gasteiger charge is -2.29. The van der Waals surface area contributed by atoms with E-state index in [9.17, 15) is 4.79 Å². The molecule has 8 nitrogen and oxygen atoms in total. The molecule has 1 aliphatic carbocycles. The van der Waals surface area contributed by atoms with Gasteiger partial charge in [0.15, 0.2) is 0 Å². The van der Waals surface area contributed by atoms with E-state index in [1.54, 1.807) is 18.6 Å². The lowest BCUT2D eigenvalue weighted by Crippen LogP contribution is -2.38. The van der Waals surface area contributed by atoms with Gasteiger partial charge in [0.25, 0.3) is 0 Å². The highest BCUT2D eigenvalue weighted by Gasteiger charge is 2.24. The molecule has 27 heavy (non-hydrogen) atoms. The van der Waals surface area contributed by atoms with Crippen molar-refractivity contribution < 1.29 is 9.32 Å². The summed E-state index contributed by atoms with van der Waals surface area (Å²) in [5, 5.41) is 11.4. The zero-order valence-electron chi connectivity index (χ0n) is 15.2. The number of amides is 1. The van der Waals surface area contributed by atoms with Crippen LogP contribution in [-0.4, -0.2) is 36.9 Å². The Morgan fingerprint density at radius 1 is 1.33 bits per heavy atom. The highest BCUT2D eigenvalue weighted by atomic mass is 16.5. The number of aryl methyl sites for hydroxylation is 1. The van der Waals surface area contributed by atoms with Gasteiger partial charge in [-0.1, -0.05) is 5.16 Å². The van der Waals surface area contributed by atoms with Crippen LogP contribution >= 0.6 is 0 Å². The van der Waals surface area contributed by atoms with Gasteiger partial charge in [-0.15, -0.1) is 0 Å². The fraction of sp³-hybridized carbons (Fsp3) is 0.421. The maximum absolute atomic E-state index is 12.2. The molecule has 0 radical (unpaired) electrons. The van der Waals surface area contributed by atoms with E-state index < -0.39 is 0 Å². The van der Waals surface area contributed by atoms with E-state index in [4.69, 9.17) is 4.52 Å². The third kappa shape index (κ3) is 4.21. The predicted molar refractivity (Wildman–Crippen MR) is 97.6 cm³/mol. The molecule has 0 bridgehead atoms. The smallest absolute Gasteiger partial charge is 0.227 e. The van der Waals surface area contributed by atoms with Gasteiger partial charge in [0.05, 0.1) is 30.0 Å². The van der Waals surface area contributed by atoms with Crippen molar-refractivity contribution >= 4 is 5.91 Å². The molecule has 1 amide bonds. The molecule has 140 valence electrons. The number of aromatic nitrogens is 5. The molecule has 8 heteroatoms. The minimum atomic E-state index is -0.0141. The molecular weight excluding hydrogens is 344 g/mol. The molecule has 4 rings (SSSR count). The Morgan fingerprint density at radius 3 is 2.89 bits per heavy atom. The Kier molecular flexibility index (Phi) is 4.95. The van der Waals surface area contributed by atoms with Crippen LogP contribution in [0.25, 0.3) is 11.3 Å². The summed E-state index contributed by atoms with van der Waals surface area (Å²) >= 11 is 0. The number of rotatable bonds is 5. The van der Waals surface area contributed by atoms with Crippen molar-refractivity contribution in [3.05, 3.63) is 48.5 Å². The molecule has 0 unspecified atom stereocenters. The fourth-order valence-corrected chi connectivity index (χ4v) is 3.55. The van der Waals surface area contributed by atoms with Crippen molar-refractivity contribution in [1.29, 1.82) is 0 Å². The molecule has 1 N–H and O–H groups in total. The number of hydrogen-bond acceptors (Lipinski definition) is 6. The third-order valence-corrected chi connectivity index (χ3v) is 4.93. The first-order valence-corrected chi connectivity index (χ1v) is 9.19. The largest absolute Gasteiger partial charge is 0.361 e. The maximum Gasteiger partial charge on any atom is 0.227 e. The van der Waals surface area contributed by atoms with Gasteiger partial charge < -0.3 is 9.84 Å². The van der Waals surface area contributed by atoms with E-state index in [1.807, 2.05) is 30.1 Å². The normalized spacial score (nSPS) is 19.7. The van der Waals surface area contributed by atoms with Crippen molar-refractivity contribution in [1.82, 2.24) is 30.2 Å². The van der Waals surface area contributed by atoms with Gasteiger partial charge in [-0.3, -0.25) is 9.48 Å². The van der Waals surface area contributed by atoms with Crippen LogP contribution in [0.15, 0.2) is 41.6 Å². The Hall–Kier alpha value is -3.03. The summed E-state index contributed by atoms with van der Waals surface area (Å²) in [5.41, 5.74) is 2.66. The second-order valence-corrected chi connectivity index (χ2v) is 6.99. The van der Waals surface area contributed by atoms with E-state index in [-0.39, 0.29) is 18.4 Å². The van der Waals surface area contributed by atoms with E-state index in [0.29, 0.717) is 11.8 Å². The molecule has 3 heterocycles. The van der Waals surface area contributed by atoms with Crippen LogP contribution in [0.5, 0.6) is 0 Å². The predicted octanol–water partition coefficient (Wildman–Crippen LogP) is 2.48. The summed E-state index contributed by atoms with van der Waals surface area (Å²) in [5.74, 6) is 0.590. The van der Waals surface area contributed by atoms with Crippen LogP contribution in [0.3, 0.4) is 0 Å². The molecule has 0 aliphatic heterocycles. The van der Waals surface area contributed by atoms with Gasteiger partial charge in [0.1, 0.15) is 12.1 Å². The lowest BCUT2D eigenvalue weighted by atomic mass is 9.91. The van der Waals surface area contributed by atoms with Gasteiger partial charge in [-0.2, -0.15) is 5.10 Å². The quantitative estimate of drug-likeness (QED) is 0.745. The lowest BCUT2D eigenvalue weighted by molar-refractivity contribution is -0.121. The summed E-state index contributed by atoms with van der Waals surface area (Å²) in [6.07, 6.45) is 11.2. The summed E-state index contributed by atoms with van der Waals surface area (Å²) in [4.78, 5) is 20.4. The second-order valence-electron chi connectivity index (χ2n) is 6.99. The van der Waals surface area contributed by atoms with Crippen molar-refractivity contribution in [2.24, 2.45) is 0 Å². The van der Waals surface area contributed by atoms with E-state index in [0.717, 1.165) is 42.6 Å². The molecule has 1 fully saturated rings. The highest BCUT2D eigenvalue weighted by molar-refractivity contribution is 5.78. The number of nitrogens with one attached hydrogen (secondary N) is 1. The zero-order valence-corrected chi connectivity index (χ0v) is 15.2. The Labute approximate surface area is 157 Å².